The minimum atomic E-state index is -2.29. The van der Waals surface area contributed by atoms with Crippen molar-refractivity contribution in [2.24, 2.45) is 14.0 Å². The highest BCUT2D eigenvalue weighted by molar-refractivity contribution is 7.20. The topological polar surface area (TPSA) is 198 Å². The van der Waals surface area contributed by atoms with Gasteiger partial charge in [-0.2, -0.15) is 37.1 Å². The number of oxazole rings is 1. The van der Waals surface area contributed by atoms with Crippen LogP contribution in [0.5, 0.6) is 0 Å². The van der Waals surface area contributed by atoms with Gasteiger partial charge in [0.25, 0.3) is 28.8 Å². The smallest absolute Gasteiger partial charge is 0.355 e. The van der Waals surface area contributed by atoms with E-state index < -0.39 is 6.98 Å². The summed E-state index contributed by atoms with van der Waals surface area (Å²) in [6.45, 7) is 1.79. The maximum Gasteiger partial charge on any atom is 0.355 e. The van der Waals surface area contributed by atoms with Crippen LogP contribution in [0.4, 0.5) is 0 Å². The van der Waals surface area contributed by atoms with E-state index in [-0.39, 0.29) is 0 Å². The molecule has 5 aliphatic rings. The summed E-state index contributed by atoms with van der Waals surface area (Å²) in [5.41, 5.74) is 26.3. The molecule has 0 saturated carbocycles. The third-order valence-electron chi connectivity index (χ3n) is 20.2. The van der Waals surface area contributed by atoms with Gasteiger partial charge in [-0.1, -0.05) is 47.7 Å². The third-order valence-corrected chi connectivity index (χ3v) is 21.3. The van der Waals surface area contributed by atoms with Crippen LogP contribution in [-0.4, -0.2) is 85.5 Å². The number of aromatic nitrogens is 23. The Bertz CT molecular complexity index is 7090. The molecule has 490 valence electrons. The first kappa shape index (κ1) is 54.1. The maximum absolute atomic E-state index is 7.88. The number of thiazole rings is 1. The van der Waals surface area contributed by atoms with Crippen LogP contribution in [0.15, 0.2) is 249 Å². The molecule has 25 heteroatoms. The number of rotatable bonds is 1. The van der Waals surface area contributed by atoms with Gasteiger partial charge in [-0.15, -0.1) is 0 Å². The van der Waals surface area contributed by atoms with Crippen LogP contribution >= 0.6 is 11.3 Å². The molecule has 0 unspecified atom stereocenters. The lowest BCUT2D eigenvalue weighted by Gasteiger charge is -2.02. The Labute approximate surface area is 590 Å². The van der Waals surface area contributed by atoms with Gasteiger partial charge in [-0.25, -0.2) is 37.2 Å². The van der Waals surface area contributed by atoms with Crippen LogP contribution in [0.25, 0.3) is 146 Å². The van der Waals surface area contributed by atoms with Crippen molar-refractivity contribution in [3.8, 4) is 61.9 Å². The molecule has 0 N–H and O–H groups in total. The van der Waals surface area contributed by atoms with Crippen LogP contribution in [0.3, 0.4) is 0 Å². The van der Waals surface area contributed by atoms with Crippen LogP contribution in [-0.2, 0) is 46.7 Å². The fraction of sp³-hybridized carbons (Fsp3) is 0.0897. The molecule has 20 aromatic heterocycles. The van der Waals surface area contributed by atoms with E-state index in [0.29, 0.717) is 23.6 Å². The molecule has 0 aliphatic carbocycles. The zero-order chi connectivity index (χ0) is 70.2. The molecule has 0 fully saturated rings. The van der Waals surface area contributed by atoms with Gasteiger partial charge in [0.1, 0.15) is 31.9 Å². The van der Waals surface area contributed by atoms with E-state index >= 15 is 0 Å². The first-order valence-electron chi connectivity index (χ1n) is 35.1. The summed E-state index contributed by atoms with van der Waals surface area (Å²) in [5, 5.41) is 1.29. The lowest BCUT2D eigenvalue weighted by Crippen LogP contribution is -2.32. The van der Waals surface area contributed by atoms with Crippen LogP contribution in [0.2, 0.25) is 0 Å². The first-order chi connectivity index (χ1) is 52.1. The van der Waals surface area contributed by atoms with Crippen molar-refractivity contribution in [2.45, 2.75) is 32.7 Å². The van der Waals surface area contributed by atoms with Crippen molar-refractivity contribution in [3.05, 3.63) is 273 Å². The molecular weight excluding hydrogens is 1310 g/mol. The molecule has 26 rings (SSSR count). The number of aryl methyl sites for hydroxylation is 2. The average Bonchev–Trinajstić information content (AvgIpc) is 1.55. The van der Waals surface area contributed by atoms with Gasteiger partial charge in [-0.05, 0) is 91.0 Å². The lowest BCUT2D eigenvalue weighted by atomic mass is 10.1. The van der Waals surface area contributed by atoms with Gasteiger partial charge in [0.2, 0.25) is 33.2 Å². The van der Waals surface area contributed by atoms with Gasteiger partial charge < -0.3 is 4.42 Å². The minimum absolute atomic E-state index is 0.466. The van der Waals surface area contributed by atoms with Gasteiger partial charge in [0.15, 0.2) is 45.4 Å². The van der Waals surface area contributed by atoms with E-state index in [1.807, 2.05) is 164 Å². The van der Waals surface area contributed by atoms with Crippen molar-refractivity contribution in [3.63, 3.8) is 0 Å². The largest absolute Gasteiger partial charge is 0.395 e. The molecule has 0 spiro atoms. The summed E-state index contributed by atoms with van der Waals surface area (Å²) in [4.78, 5) is 45.1. The third kappa shape index (κ3) is 8.35. The number of imidazole rings is 8. The molecule has 0 atom stereocenters. The molecule has 0 radical (unpaired) electrons. The quantitative estimate of drug-likeness (QED) is 0.142. The number of nitrogens with zero attached hydrogens (tertiary/aromatic N) is 23. The maximum atomic E-state index is 7.88. The Morgan fingerprint density at radius 1 is 0.427 bits per heavy atom. The van der Waals surface area contributed by atoms with Gasteiger partial charge in [-0.3, -0.25) is 34.1 Å². The van der Waals surface area contributed by atoms with Crippen LogP contribution in [0.1, 0.15) is 31.9 Å². The molecule has 0 saturated heterocycles. The molecular formula is C78H56N23OS+5. The zero-order valence-electron chi connectivity index (χ0n) is 57.7. The van der Waals surface area contributed by atoms with Gasteiger partial charge in [0.05, 0.1) is 47.4 Å². The molecule has 5 aliphatic heterocycles. The molecule has 24 nitrogen and oxygen atoms in total. The monoisotopic (exact) mass is 1370 g/mol. The minimum Gasteiger partial charge on any atom is -0.395 e. The van der Waals surface area contributed by atoms with Gasteiger partial charge in [0, 0.05) is 138 Å². The highest BCUT2D eigenvalue weighted by atomic mass is 32.1. The van der Waals surface area contributed by atoms with E-state index in [0.717, 1.165) is 121 Å². The fourth-order valence-electron chi connectivity index (χ4n) is 15.8. The standard InChI is InChI=1S/C20H14N5.2C15H12N5.C14H9N4O.C14H9N4S/c1-2-6-15(7-3-1)25-18-20(23-11-5-4-8-17(23)22-18)24-13-14-12-21-10-9-16(14)19(24)25;2*1-18-13-9-19-8-10-7-16-6-4-11(10)15(19)20(13)12-3-2-5-17-14(12)18;2*1-2-6-17-11(3-1)16-12-13(17)18-8-9-7-15-5-4-10(9)14(18)19-12/h1-12H,13H2;2*2-7,9H,8H2,1H3;2*1-7H,8H2/q5*+1/i;1D3;;;. The Kier molecular flexibility index (Phi) is 11.5. The summed E-state index contributed by atoms with van der Waals surface area (Å²) in [6, 6.07) is 46.7. The van der Waals surface area contributed by atoms with E-state index in [9.17, 15) is 0 Å². The molecule has 25 heterocycles. The number of benzene rings is 1. The Balaban J connectivity index is 0.0000000830. The number of pyridine rings is 10. The van der Waals surface area contributed by atoms with Crippen LogP contribution < -0.4 is 22.8 Å². The first-order valence-corrected chi connectivity index (χ1v) is 34.4. The summed E-state index contributed by atoms with van der Waals surface area (Å²) in [6.07, 6.45) is 32.5. The van der Waals surface area contributed by atoms with Crippen molar-refractivity contribution in [2.75, 3.05) is 0 Å². The molecule has 0 bridgehead atoms. The zero-order valence-corrected chi connectivity index (χ0v) is 55.5. The van der Waals surface area contributed by atoms with E-state index in [2.05, 4.69) is 164 Å². The lowest BCUT2D eigenvalue weighted by molar-refractivity contribution is -0.670. The van der Waals surface area contributed by atoms with Crippen molar-refractivity contribution >= 4 is 95.0 Å². The predicted octanol–water partition coefficient (Wildman–Crippen LogP) is 10.1. The predicted molar refractivity (Wildman–Crippen MR) is 384 cm³/mol. The summed E-state index contributed by atoms with van der Waals surface area (Å²) < 4.78 is 57.1. The van der Waals surface area contributed by atoms with Crippen molar-refractivity contribution in [1.29, 1.82) is 0 Å². The number of para-hydroxylation sites is 1. The fourth-order valence-corrected chi connectivity index (χ4v) is 17.0. The average molecular weight is 1370 g/mol. The Morgan fingerprint density at radius 3 is 1.55 bits per heavy atom. The van der Waals surface area contributed by atoms with E-state index in [4.69, 9.17) is 18.5 Å². The molecule has 103 heavy (non-hydrogen) atoms. The highest BCUT2D eigenvalue weighted by Crippen LogP contribution is 2.38. The Morgan fingerprint density at radius 2 is 0.922 bits per heavy atom. The van der Waals surface area contributed by atoms with E-state index in [1.165, 1.54) is 65.8 Å². The molecule has 21 aromatic rings. The Hall–Kier alpha value is -13.8. The van der Waals surface area contributed by atoms with Crippen LogP contribution in [0, 0.1) is 0 Å². The SMILES string of the molecule is Cn1c2ncccc2n2c3[n+](cc12)Cc1cnccc1-3.[2H]C([2H])([2H])n1c2ncccc2n2c3[n+](cc12)Cc1cnccc1-3.c1ccc(-n2c3[n+](c4c2nc2ccccn24)Cc2cnccc2-3)cc1.c1ccn2c(c1)nc1oc3[n+](c12)Cc1cnccc1-3.c1ccn2c(c1)nc1sc3[n+](c12)Cc1cnccc1-3. The number of hydrogen-bond donors (Lipinski definition) is 0. The second kappa shape index (κ2) is 21.8. The second-order valence-corrected chi connectivity index (χ2v) is 26.9. The highest BCUT2D eigenvalue weighted by Gasteiger charge is 2.39. The molecule has 0 amide bonds. The second-order valence-electron chi connectivity index (χ2n) is 25.9. The number of hydrogen-bond acceptors (Lipinski definition) is 12. The van der Waals surface area contributed by atoms with Crippen molar-refractivity contribution < 1.29 is 31.4 Å². The van der Waals surface area contributed by atoms with Crippen molar-refractivity contribution in [1.82, 2.24) is 85.5 Å². The summed E-state index contributed by atoms with van der Waals surface area (Å²) >= 11 is 1.76. The normalized spacial score (nSPS) is 13.5. The van der Waals surface area contributed by atoms with Gasteiger partial charge >= 0.3 is 17.0 Å². The number of fused-ring (bicyclic) bond motifs is 35. The summed E-state index contributed by atoms with van der Waals surface area (Å²) in [5.74, 6) is 4.22. The summed E-state index contributed by atoms with van der Waals surface area (Å²) in [7, 11) is 2.06. The van der Waals surface area contributed by atoms with E-state index in [1.54, 1.807) is 29.9 Å². The molecule has 1 aromatic carbocycles.